The molecule has 58 valence electrons. The van der Waals surface area contributed by atoms with E-state index in [4.69, 9.17) is 5.73 Å². The summed E-state index contributed by atoms with van der Waals surface area (Å²) in [5.74, 6) is 0.0462. The predicted octanol–water partition coefficient (Wildman–Crippen LogP) is -0.187. The van der Waals surface area contributed by atoms with Gasteiger partial charge in [0, 0.05) is 12.8 Å². The van der Waals surface area contributed by atoms with Gasteiger partial charge >= 0.3 is 0 Å². The van der Waals surface area contributed by atoms with Crippen LogP contribution in [0, 0.1) is 0 Å². The first-order valence-corrected chi connectivity index (χ1v) is 3.01. The summed E-state index contributed by atoms with van der Waals surface area (Å²) in [5, 5.41) is 0. The Morgan fingerprint density at radius 3 is 2.80 bits per heavy atom. The van der Waals surface area contributed by atoms with Crippen molar-refractivity contribution in [2.75, 3.05) is 0 Å². The zero-order valence-corrected chi connectivity index (χ0v) is 5.87. The second-order valence-electron chi connectivity index (χ2n) is 2.01. The summed E-state index contributed by atoms with van der Waals surface area (Å²) in [4.78, 5) is 20.0. The lowest BCUT2D eigenvalue weighted by molar-refractivity contribution is -0.134. The molecule has 0 aliphatic rings. The molecule has 0 rings (SSSR count). The average molecular weight is 145 g/mol. The summed E-state index contributed by atoms with van der Waals surface area (Å²) in [5.41, 5.74) is 5.23. The fourth-order valence-corrected chi connectivity index (χ4v) is 0.485. The van der Waals surface area contributed by atoms with Crippen molar-refractivity contribution in [3.05, 3.63) is 0 Å². The number of hydrogen-bond donors (Lipinski definition) is 1. The molecule has 4 nitrogen and oxygen atoms in total. The van der Waals surface area contributed by atoms with Crippen LogP contribution in [0.1, 0.15) is 19.8 Å². The van der Waals surface area contributed by atoms with E-state index in [2.05, 4.69) is 4.74 Å². The first-order chi connectivity index (χ1) is 4.66. The molecule has 1 atom stereocenters. The van der Waals surface area contributed by atoms with E-state index in [1.54, 1.807) is 0 Å². The van der Waals surface area contributed by atoms with Gasteiger partial charge in [0.05, 0.1) is 0 Å². The smallest absolute Gasteiger partial charge is 0.294 e. The van der Waals surface area contributed by atoms with Gasteiger partial charge in [0.25, 0.3) is 6.47 Å². The van der Waals surface area contributed by atoms with Crippen molar-refractivity contribution in [2.45, 2.75) is 26.0 Å². The standard InChI is InChI=1S/C6H11NO3/c1-5(9)2-3-6(7)10-4-8/h4,6H,2-3,7H2,1H3/t6-/m1/s1. The van der Waals surface area contributed by atoms with Gasteiger partial charge in [-0.3, -0.25) is 10.5 Å². The van der Waals surface area contributed by atoms with Gasteiger partial charge in [-0.05, 0) is 6.92 Å². The maximum Gasteiger partial charge on any atom is 0.294 e. The fraction of sp³-hybridized carbons (Fsp3) is 0.667. The number of carbonyl (C=O) groups excluding carboxylic acids is 2. The molecule has 0 saturated heterocycles. The van der Waals surface area contributed by atoms with Crippen LogP contribution < -0.4 is 5.73 Å². The van der Waals surface area contributed by atoms with Crippen molar-refractivity contribution in [3.63, 3.8) is 0 Å². The van der Waals surface area contributed by atoms with Crippen molar-refractivity contribution in [1.29, 1.82) is 0 Å². The number of ether oxygens (including phenoxy) is 1. The molecular weight excluding hydrogens is 134 g/mol. The lowest BCUT2D eigenvalue weighted by Gasteiger charge is -2.06. The molecule has 0 unspecified atom stereocenters. The highest BCUT2D eigenvalue weighted by Crippen LogP contribution is 1.94. The summed E-state index contributed by atoms with van der Waals surface area (Å²) in [7, 11) is 0. The Morgan fingerprint density at radius 2 is 2.40 bits per heavy atom. The molecule has 0 aliphatic carbocycles. The number of rotatable bonds is 5. The van der Waals surface area contributed by atoms with Gasteiger partial charge in [-0.15, -0.1) is 0 Å². The SMILES string of the molecule is CC(=O)CC[C@H](N)OC=O. The van der Waals surface area contributed by atoms with Gasteiger partial charge in [0.15, 0.2) is 6.23 Å². The number of carbonyl (C=O) groups is 2. The quantitative estimate of drug-likeness (QED) is 0.430. The van der Waals surface area contributed by atoms with Crippen LogP contribution >= 0.6 is 0 Å². The van der Waals surface area contributed by atoms with E-state index in [1.165, 1.54) is 6.92 Å². The van der Waals surface area contributed by atoms with Crippen LogP contribution in [-0.4, -0.2) is 18.5 Å². The summed E-state index contributed by atoms with van der Waals surface area (Å²) < 4.78 is 4.34. The summed E-state index contributed by atoms with van der Waals surface area (Å²) in [6.45, 7) is 1.75. The molecule has 0 aliphatic heterocycles. The van der Waals surface area contributed by atoms with E-state index in [0.29, 0.717) is 12.8 Å². The number of nitrogens with two attached hydrogens (primary N) is 1. The normalized spacial score (nSPS) is 12.2. The van der Waals surface area contributed by atoms with Crippen LogP contribution in [0.5, 0.6) is 0 Å². The highest BCUT2D eigenvalue weighted by molar-refractivity contribution is 5.75. The lowest BCUT2D eigenvalue weighted by Crippen LogP contribution is -2.23. The summed E-state index contributed by atoms with van der Waals surface area (Å²) in [6.07, 6.45) is 0.115. The Balaban J connectivity index is 3.29. The van der Waals surface area contributed by atoms with E-state index in [1.807, 2.05) is 0 Å². The molecule has 0 amide bonds. The van der Waals surface area contributed by atoms with Gasteiger partial charge < -0.3 is 9.53 Å². The molecule has 0 radical (unpaired) electrons. The van der Waals surface area contributed by atoms with Crippen molar-refractivity contribution < 1.29 is 14.3 Å². The third-order valence-electron chi connectivity index (χ3n) is 1.01. The van der Waals surface area contributed by atoms with E-state index in [0.717, 1.165) is 0 Å². The first kappa shape index (κ1) is 9.10. The molecule has 0 saturated carbocycles. The molecular formula is C6H11NO3. The Labute approximate surface area is 59.3 Å². The second kappa shape index (κ2) is 4.93. The monoisotopic (exact) mass is 145 g/mol. The van der Waals surface area contributed by atoms with Crippen LogP contribution in [0.15, 0.2) is 0 Å². The molecule has 0 aromatic heterocycles. The van der Waals surface area contributed by atoms with Crippen molar-refractivity contribution in [3.8, 4) is 0 Å². The number of ketones is 1. The maximum absolute atomic E-state index is 10.4. The summed E-state index contributed by atoms with van der Waals surface area (Å²) >= 11 is 0. The van der Waals surface area contributed by atoms with Crippen molar-refractivity contribution in [2.24, 2.45) is 5.73 Å². The summed E-state index contributed by atoms with van der Waals surface area (Å²) in [6, 6.07) is 0. The minimum Gasteiger partial charge on any atom is -0.449 e. The van der Waals surface area contributed by atoms with Crippen LogP contribution in [0.4, 0.5) is 0 Å². The van der Waals surface area contributed by atoms with Crippen LogP contribution in [0.3, 0.4) is 0 Å². The minimum absolute atomic E-state index is 0.0462. The van der Waals surface area contributed by atoms with Crippen LogP contribution in [-0.2, 0) is 14.3 Å². The average Bonchev–Trinajstić information content (AvgIpc) is 1.85. The number of Topliss-reactive ketones (excluding diaryl/α,β-unsaturated/α-hetero) is 1. The Kier molecular flexibility index (Phi) is 4.49. The highest BCUT2D eigenvalue weighted by atomic mass is 16.5. The van der Waals surface area contributed by atoms with Gasteiger partial charge in [-0.25, -0.2) is 0 Å². The fourth-order valence-electron chi connectivity index (χ4n) is 0.485. The maximum atomic E-state index is 10.4. The molecule has 4 heteroatoms. The van der Waals surface area contributed by atoms with Crippen molar-refractivity contribution in [1.82, 2.24) is 0 Å². The van der Waals surface area contributed by atoms with Gasteiger partial charge in [0.2, 0.25) is 0 Å². The molecule has 0 heterocycles. The second-order valence-corrected chi connectivity index (χ2v) is 2.01. The third kappa shape index (κ3) is 5.24. The Morgan fingerprint density at radius 1 is 1.80 bits per heavy atom. The first-order valence-electron chi connectivity index (χ1n) is 3.01. The zero-order valence-electron chi connectivity index (χ0n) is 5.87. The number of hydrogen-bond acceptors (Lipinski definition) is 4. The lowest BCUT2D eigenvalue weighted by atomic mass is 10.2. The zero-order chi connectivity index (χ0) is 7.98. The van der Waals surface area contributed by atoms with Crippen LogP contribution in [0.2, 0.25) is 0 Å². The Bertz CT molecular complexity index is 124. The van der Waals surface area contributed by atoms with Crippen molar-refractivity contribution >= 4 is 12.3 Å². The molecule has 0 aromatic rings. The van der Waals surface area contributed by atoms with E-state index in [9.17, 15) is 9.59 Å². The van der Waals surface area contributed by atoms with E-state index in [-0.39, 0.29) is 12.3 Å². The molecule has 0 fully saturated rings. The highest BCUT2D eigenvalue weighted by Gasteiger charge is 2.02. The molecule has 0 aromatic carbocycles. The van der Waals surface area contributed by atoms with Gasteiger partial charge in [0.1, 0.15) is 5.78 Å². The molecule has 0 bridgehead atoms. The van der Waals surface area contributed by atoms with E-state index >= 15 is 0 Å². The molecule has 10 heavy (non-hydrogen) atoms. The largest absolute Gasteiger partial charge is 0.449 e. The van der Waals surface area contributed by atoms with Crippen LogP contribution in [0.25, 0.3) is 0 Å². The molecule has 2 N–H and O–H groups in total. The van der Waals surface area contributed by atoms with Gasteiger partial charge in [-0.2, -0.15) is 0 Å². The predicted molar refractivity (Wildman–Crippen MR) is 35.0 cm³/mol. The third-order valence-corrected chi connectivity index (χ3v) is 1.01. The topological polar surface area (TPSA) is 69.4 Å². The van der Waals surface area contributed by atoms with E-state index < -0.39 is 6.23 Å². The minimum atomic E-state index is -0.638. The van der Waals surface area contributed by atoms with Gasteiger partial charge in [-0.1, -0.05) is 0 Å². The molecule has 0 spiro atoms. The Hall–Kier alpha value is -0.900.